The lowest BCUT2D eigenvalue weighted by Crippen LogP contribution is -2.47. The van der Waals surface area contributed by atoms with Gasteiger partial charge in [0, 0.05) is 24.5 Å². The zero-order chi connectivity index (χ0) is 14.8. The Balaban J connectivity index is 2.05. The summed E-state index contributed by atoms with van der Waals surface area (Å²) in [5.74, 6) is -0.735. The van der Waals surface area contributed by atoms with Crippen LogP contribution >= 0.6 is 11.3 Å². The van der Waals surface area contributed by atoms with Gasteiger partial charge in [0.2, 0.25) is 0 Å². The Labute approximate surface area is 121 Å². The van der Waals surface area contributed by atoms with Crippen LogP contribution in [0.2, 0.25) is 0 Å². The van der Waals surface area contributed by atoms with Crippen LogP contribution in [0.5, 0.6) is 0 Å². The molecule has 0 aliphatic carbocycles. The molecule has 1 unspecified atom stereocenters. The number of likely N-dealkylation sites (tertiary alicyclic amines) is 1. The Hall–Kier alpha value is -1.47. The summed E-state index contributed by atoms with van der Waals surface area (Å²) in [6.07, 6.45) is 2.17. The Morgan fingerprint density at radius 1 is 1.65 bits per heavy atom. The minimum absolute atomic E-state index is 0.136. The number of carboxylic acids is 1. The molecule has 1 aliphatic heterocycles. The molecule has 2 heterocycles. The second-order valence-electron chi connectivity index (χ2n) is 5.30. The molecule has 0 aromatic carbocycles. The van der Waals surface area contributed by atoms with E-state index in [1.807, 2.05) is 6.92 Å². The monoisotopic (exact) mass is 298 g/mol. The molecular weight excluding hydrogens is 280 g/mol. The van der Waals surface area contributed by atoms with Gasteiger partial charge in [-0.1, -0.05) is 18.3 Å². The number of nitro groups is 1. The molecule has 1 N–H and O–H groups in total. The van der Waals surface area contributed by atoms with Crippen molar-refractivity contribution in [3.05, 3.63) is 27.1 Å². The summed E-state index contributed by atoms with van der Waals surface area (Å²) < 4.78 is 0. The van der Waals surface area contributed by atoms with Crippen LogP contribution in [0.1, 0.15) is 31.7 Å². The normalized spacial score (nSPS) is 23.6. The highest BCUT2D eigenvalue weighted by Crippen LogP contribution is 2.34. The van der Waals surface area contributed by atoms with Crippen molar-refractivity contribution in [2.45, 2.75) is 32.7 Å². The van der Waals surface area contributed by atoms with Crippen LogP contribution < -0.4 is 0 Å². The molecule has 0 spiro atoms. The SMILES string of the molecule is CCC1(C(=O)O)CCCN(Cc2csc([N+](=O)[O-])c2)C1. The third-order valence-electron chi connectivity index (χ3n) is 4.01. The van der Waals surface area contributed by atoms with Crippen LogP contribution in [-0.2, 0) is 11.3 Å². The first-order valence-corrected chi connectivity index (χ1v) is 7.52. The highest BCUT2D eigenvalue weighted by Gasteiger charge is 2.40. The smallest absolute Gasteiger partial charge is 0.324 e. The second kappa shape index (κ2) is 5.88. The summed E-state index contributed by atoms with van der Waals surface area (Å²) >= 11 is 1.12. The van der Waals surface area contributed by atoms with E-state index in [0.29, 0.717) is 25.9 Å². The van der Waals surface area contributed by atoms with E-state index in [2.05, 4.69) is 4.90 Å². The van der Waals surface area contributed by atoms with Crippen molar-refractivity contribution >= 4 is 22.3 Å². The van der Waals surface area contributed by atoms with E-state index in [1.54, 1.807) is 11.4 Å². The van der Waals surface area contributed by atoms with Crippen molar-refractivity contribution in [1.29, 1.82) is 0 Å². The predicted octanol–water partition coefficient (Wildman–Crippen LogP) is 2.73. The van der Waals surface area contributed by atoms with Gasteiger partial charge in [-0.05, 0) is 31.4 Å². The zero-order valence-electron chi connectivity index (χ0n) is 11.4. The van der Waals surface area contributed by atoms with Gasteiger partial charge in [0.25, 0.3) is 0 Å². The molecule has 0 saturated carbocycles. The fourth-order valence-corrected chi connectivity index (χ4v) is 3.50. The number of hydrogen-bond donors (Lipinski definition) is 1. The quantitative estimate of drug-likeness (QED) is 0.667. The minimum Gasteiger partial charge on any atom is -0.481 e. The van der Waals surface area contributed by atoms with Crippen molar-refractivity contribution in [2.24, 2.45) is 5.41 Å². The number of aliphatic carboxylic acids is 1. The first-order valence-electron chi connectivity index (χ1n) is 6.64. The molecule has 0 bridgehead atoms. The van der Waals surface area contributed by atoms with Gasteiger partial charge in [-0.25, -0.2) is 0 Å². The summed E-state index contributed by atoms with van der Waals surface area (Å²) in [7, 11) is 0. The average molecular weight is 298 g/mol. The van der Waals surface area contributed by atoms with E-state index >= 15 is 0 Å². The first kappa shape index (κ1) is 14.9. The van der Waals surface area contributed by atoms with Crippen LogP contribution in [0, 0.1) is 15.5 Å². The van der Waals surface area contributed by atoms with E-state index in [0.717, 1.165) is 29.9 Å². The molecule has 6 nitrogen and oxygen atoms in total. The Kier molecular flexibility index (Phi) is 4.39. The number of carboxylic acid groups (broad SMARTS) is 1. The molecule has 20 heavy (non-hydrogen) atoms. The van der Waals surface area contributed by atoms with Crippen molar-refractivity contribution < 1.29 is 14.8 Å². The number of nitrogens with zero attached hydrogens (tertiary/aromatic N) is 2. The van der Waals surface area contributed by atoms with Crippen molar-refractivity contribution in [3.63, 3.8) is 0 Å². The molecule has 1 aromatic rings. The van der Waals surface area contributed by atoms with Crippen molar-refractivity contribution in [1.82, 2.24) is 4.90 Å². The first-order chi connectivity index (χ1) is 9.47. The predicted molar refractivity (Wildman–Crippen MR) is 75.8 cm³/mol. The summed E-state index contributed by atoms with van der Waals surface area (Å²) in [5, 5.41) is 22.0. The molecule has 1 aliphatic rings. The van der Waals surface area contributed by atoms with Crippen LogP contribution in [0.3, 0.4) is 0 Å². The third-order valence-corrected chi connectivity index (χ3v) is 4.94. The topological polar surface area (TPSA) is 83.7 Å². The van der Waals surface area contributed by atoms with Gasteiger partial charge >= 0.3 is 11.0 Å². The molecule has 110 valence electrons. The second-order valence-corrected chi connectivity index (χ2v) is 6.19. The molecule has 2 rings (SSSR count). The van der Waals surface area contributed by atoms with E-state index in [1.165, 1.54) is 0 Å². The number of hydrogen-bond acceptors (Lipinski definition) is 5. The molecule has 7 heteroatoms. The lowest BCUT2D eigenvalue weighted by molar-refractivity contribution is -0.380. The third kappa shape index (κ3) is 2.99. The van der Waals surface area contributed by atoms with Crippen molar-refractivity contribution in [2.75, 3.05) is 13.1 Å². The lowest BCUT2D eigenvalue weighted by Gasteiger charge is -2.39. The minimum atomic E-state index is -0.735. The number of thiophene rings is 1. The van der Waals surface area contributed by atoms with Gasteiger partial charge in [-0.2, -0.15) is 0 Å². The van der Waals surface area contributed by atoms with Crippen LogP contribution in [0.15, 0.2) is 11.4 Å². The summed E-state index contributed by atoms with van der Waals surface area (Å²) in [5.41, 5.74) is 0.221. The van der Waals surface area contributed by atoms with Crippen LogP contribution in [0.4, 0.5) is 5.00 Å². The summed E-state index contributed by atoms with van der Waals surface area (Å²) in [4.78, 5) is 23.9. The molecule has 1 aromatic heterocycles. The van der Waals surface area contributed by atoms with Gasteiger partial charge in [0.1, 0.15) is 0 Å². The van der Waals surface area contributed by atoms with Gasteiger partial charge in [-0.15, -0.1) is 0 Å². The zero-order valence-corrected chi connectivity index (χ0v) is 12.2. The van der Waals surface area contributed by atoms with Crippen LogP contribution in [-0.4, -0.2) is 34.0 Å². The van der Waals surface area contributed by atoms with Crippen LogP contribution in [0.25, 0.3) is 0 Å². The molecule has 1 saturated heterocycles. The van der Waals surface area contributed by atoms with Gasteiger partial charge in [-0.3, -0.25) is 19.8 Å². The molecule has 0 radical (unpaired) electrons. The van der Waals surface area contributed by atoms with E-state index in [-0.39, 0.29) is 5.00 Å². The van der Waals surface area contributed by atoms with E-state index in [4.69, 9.17) is 0 Å². The van der Waals surface area contributed by atoms with Crippen molar-refractivity contribution in [3.8, 4) is 0 Å². The fourth-order valence-electron chi connectivity index (χ4n) is 2.78. The number of piperidine rings is 1. The summed E-state index contributed by atoms with van der Waals surface area (Å²) in [6, 6.07) is 1.58. The maximum Gasteiger partial charge on any atom is 0.324 e. The van der Waals surface area contributed by atoms with E-state index in [9.17, 15) is 20.0 Å². The highest BCUT2D eigenvalue weighted by molar-refractivity contribution is 7.13. The highest BCUT2D eigenvalue weighted by atomic mass is 32.1. The van der Waals surface area contributed by atoms with Gasteiger partial charge in [0.05, 0.1) is 10.3 Å². The van der Waals surface area contributed by atoms with Gasteiger partial charge < -0.3 is 5.11 Å². The van der Waals surface area contributed by atoms with Gasteiger partial charge in [0.15, 0.2) is 0 Å². The molecular formula is C13H18N2O4S. The van der Waals surface area contributed by atoms with E-state index < -0.39 is 16.3 Å². The Bertz CT molecular complexity index is 516. The maximum atomic E-state index is 11.5. The lowest BCUT2D eigenvalue weighted by atomic mass is 9.77. The molecule has 1 atom stereocenters. The molecule has 1 fully saturated rings. The maximum absolute atomic E-state index is 11.5. The Morgan fingerprint density at radius 2 is 2.40 bits per heavy atom. The fraction of sp³-hybridized carbons (Fsp3) is 0.615. The summed E-state index contributed by atoms with van der Waals surface area (Å²) in [6.45, 7) is 3.85. The standard InChI is InChI=1S/C13H18N2O4S/c1-2-13(12(16)17)4-3-5-14(9-13)7-10-6-11(15(18)19)20-8-10/h6,8H,2-5,7,9H2,1H3,(H,16,17). The average Bonchev–Trinajstić information content (AvgIpc) is 2.87. The largest absolute Gasteiger partial charge is 0.481 e. The number of rotatable bonds is 5. The molecule has 0 amide bonds. The number of carbonyl (C=O) groups is 1. The Morgan fingerprint density at radius 3 is 2.95 bits per heavy atom.